The predicted molar refractivity (Wildman–Crippen MR) is 89.4 cm³/mol. The van der Waals surface area contributed by atoms with Gasteiger partial charge in [-0.15, -0.1) is 0 Å². The Morgan fingerprint density at radius 3 is 2.22 bits per heavy atom. The number of aromatic carboxylic acids is 1. The molecule has 1 aromatic rings. The number of rotatable bonds is 6. The van der Waals surface area contributed by atoms with E-state index in [1.165, 1.54) is 12.8 Å². The SMILES string of the molecule is CCN(CC(=O)N1CCCCCC1)Cc1ccc(C(=O)O)cc1. The van der Waals surface area contributed by atoms with Crippen LogP contribution in [0.5, 0.6) is 0 Å². The van der Waals surface area contributed by atoms with Crippen LogP contribution >= 0.6 is 0 Å². The van der Waals surface area contributed by atoms with E-state index in [0.29, 0.717) is 13.1 Å². The molecule has 0 unspecified atom stereocenters. The van der Waals surface area contributed by atoms with E-state index in [0.717, 1.165) is 38.0 Å². The number of likely N-dealkylation sites (tertiary alicyclic amines) is 1. The topological polar surface area (TPSA) is 60.9 Å². The summed E-state index contributed by atoms with van der Waals surface area (Å²) in [6.45, 7) is 5.68. The van der Waals surface area contributed by atoms with Crippen molar-refractivity contribution in [1.29, 1.82) is 0 Å². The molecule has 23 heavy (non-hydrogen) atoms. The molecule has 1 aliphatic rings. The maximum absolute atomic E-state index is 12.5. The van der Waals surface area contributed by atoms with Gasteiger partial charge in [0, 0.05) is 19.6 Å². The largest absolute Gasteiger partial charge is 0.478 e. The second-order valence-electron chi connectivity index (χ2n) is 6.10. The summed E-state index contributed by atoms with van der Waals surface area (Å²) in [7, 11) is 0. The first-order chi connectivity index (χ1) is 11.1. The quantitative estimate of drug-likeness (QED) is 0.876. The van der Waals surface area contributed by atoms with E-state index in [4.69, 9.17) is 5.11 Å². The Balaban J connectivity index is 1.91. The molecule has 0 saturated carbocycles. The van der Waals surface area contributed by atoms with Crippen LogP contribution < -0.4 is 0 Å². The molecule has 0 atom stereocenters. The fourth-order valence-corrected chi connectivity index (χ4v) is 2.90. The minimum atomic E-state index is -0.916. The van der Waals surface area contributed by atoms with Gasteiger partial charge in [-0.25, -0.2) is 4.79 Å². The van der Waals surface area contributed by atoms with Gasteiger partial charge in [0.05, 0.1) is 12.1 Å². The molecule has 0 aliphatic carbocycles. The van der Waals surface area contributed by atoms with Crippen molar-refractivity contribution in [2.24, 2.45) is 0 Å². The van der Waals surface area contributed by atoms with Gasteiger partial charge in [0.1, 0.15) is 0 Å². The van der Waals surface area contributed by atoms with Crippen molar-refractivity contribution in [2.75, 3.05) is 26.2 Å². The molecule has 1 amide bonds. The minimum Gasteiger partial charge on any atom is -0.478 e. The Labute approximate surface area is 137 Å². The van der Waals surface area contributed by atoms with Crippen LogP contribution in [-0.2, 0) is 11.3 Å². The average molecular weight is 318 g/mol. The Bertz CT molecular complexity index is 520. The zero-order chi connectivity index (χ0) is 16.7. The first-order valence-electron chi connectivity index (χ1n) is 8.42. The third-order valence-electron chi connectivity index (χ3n) is 4.37. The predicted octanol–water partition coefficient (Wildman–Crippen LogP) is 2.61. The van der Waals surface area contributed by atoms with E-state index in [1.807, 2.05) is 24.0 Å². The van der Waals surface area contributed by atoms with Crippen LogP contribution in [0.3, 0.4) is 0 Å². The van der Waals surface area contributed by atoms with Gasteiger partial charge in [-0.3, -0.25) is 9.69 Å². The van der Waals surface area contributed by atoms with Gasteiger partial charge < -0.3 is 10.0 Å². The fourth-order valence-electron chi connectivity index (χ4n) is 2.90. The molecule has 5 heteroatoms. The van der Waals surface area contributed by atoms with E-state index in [-0.39, 0.29) is 11.5 Å². The van der Waals surface area contributed by atoms with Crippen LogP contribution in [0.1, 0.15) is 48.5 Å². The van der Waals surface area contributed by atoms with Gasteiger partial charge in [0.25, 0.3) is 0 Å². The second-order valence-corrected chi connectivity index (χ2v) is 6.10. The Kier molecular flexibility index (Phi) is 6.59. The number of likely N-dealkylation sites (N-methyl/N-ethyl adjacent to an activating group) is 1. The highest BCUT2D eigenvalue weighted by molar-refractivity contribution is 5.87. The number of carbonyl (C=O) groups is 2. The van der Waals surface area contributed by atoms with E-state index in [9.17, 15) is 9.59 Å². The molecule has 2 rings (SSSR count). The third kappa shape index (κ3) is 5.36. The molecule has 0 spiro atoms. The number of nitrogens with zero attached hydrogens (tertiary/aromatic N) is 2. The summed E-state index contributed by atoms with van der Waals surface area (Å²) in [5.74, 6) is -0.712. The van der Waals surface area contributed by atoms with Crippen LogP contribution in [0.4, 0.5) is 0 Å². The molecule has 126 valence electrons. The maximum Gasteiger partial charge on any atom is 0.335 e. The normalized spacial score (nSPS) is 15.5. The lowest BCUT2D eigenvalue weighted by Gasteiger charge is -2.25. The van der Waals surface area contributed by atoms with Crippen LogP contribution in [0.15, 0.2) is 24.3 Å². The molecular weight excluding hydrogens is 292 g/mol. The molecule has 1 aromatic carbocycles. The van der Waals surface area contributed by atoms with Crippen LogP contribution in [0.25, 0.3) is 0 Å². The van der Waals surface area contributed by atoms with Crippen molar-refractivity contribution in [3.8, 4) is 0 Å². The molecule has 1 fully saturated rings. The molecule has 0 bridgehead atoms. The Morgan fingerprint density at radius 2 is 1.70 bits per heavy atom. The second kappa shape index (κ2) is 8.67. The van der Waals surface area contributed by atoms with Gasteiger partial charge in [-0.2, -0.15) is 0 Å². The summed E-state index contributed by atoms with van der Waals surface area (Å²) in [5.41, 5.74) is 1.32. The Morgan fingerprint density at radius 1 is 1.09 bits per heavy atom. The molecule has 0 radical (unpaired) electrons. The number of benzene rings is 1. The van der Waals surface area contributed by atoms with Gasteiger partial charge in [-0.05, 0) is 37.1 Å². The first-order valence-corrected chi connectivity index (χ1v) is 8.42. The first kappa shape index (κ1) is 17.5. The summed E-state index contributed by atoms with van der Waals surface area (Å²) in [5, 5.41) is 8.93. The summed E-state index contributed by atoms with van der Waals surface area (Å²) in [4.78, 5) is 27.4. The van der Waals surface area contributed by atoms with Crippen LogP contribution in [0, 0.1) is 0 Å². The van der Waals surface area contributed by atoms with Crippen LogP contribution in [-0.4, -0.2) is 53.0 Å². The standard InChI is InChI=1S/C18H26N2O3/c1-2-19(13-15-7-9-16(10-8-15)18(22)23)14-17(21)20-11-5-3-4-6-12-20/h7-10H,2-6,11-14H2,1H3,(H,22,23). The number of hydrogen-bond donors (Lipinski definition) is 1. The van der Waals surface area contributed by atoms with Crippen molar-refractivity contribution in [3.63, 3.8) is 0 Å². The number of carbonyl (C=O) groups excluding carboxylic acids is 1. The zero-order valence-electron chi connectivity index (χ0n) is 13.8. The smallest absolute Gasteiger partial charge is 0.335 e. The van der Waals surface area contributed by atoms with Gasteiger partial charge >= 0.3 is 5.97 Å². The van der Waals surface area contributed by atoms with Gasteiger partial charge in [0.15, 0.2) is 0 Å². The Hall–Kier alpha value is -1.88. The van der Waals surface area contributed by atoms with E-state index in [1.54, 1.807) is 12.1 Å². The zero-order valence-corrected chi connectivity index (χ0v) is 13.8. The van der Waals surface area contributed by atoms with Gasteiger partial charge in [0.2, 0.25) is 5.91 Å². The van der Waals surface area contributed by atoms with Crippen molar-refractivity contribution in [1.82, 2.24) is 9.80 Å². The molecule has 1 saturated heterocycles. The molecule has 0 aromatic heterocycles. The van der Waals surface area contributed by atoms with Gasteiger partial charge in [-0.1, -0.05) is 31.9 Å². The van der Waals surface area contributed by atoms with Crippen molar-refractivity contribution in [3.05, 3.63) is 35.4 Å². The molecule has 5 nitrogen and oxygen atoms in total. The molecule has 1 aliphatic heterocycles. The van der Waals surface area contributed by atoms with Crippen LogP contribution in [0.2, 0.25) is 0 Å². The number of carboxylic acids is 1. The highest BCUT2D eigenvalue weighted by Crippen LogP contribution is 2.12. The van der Waals surface area contributed by atoms with Crippen molar-refractivity contribution < 1.29 is 14.7 Å². The molecule has 1 N–H and O–H groups in total. The number of hydrogen-bond acceptors (Lipinski definition) is 3. The van der Waals surface area contributed by atoms with E-state index < -0.39 is 5.97 Å². The maximum atomic E-state index is 12.5. The summed E-state index contributed by atoms with van der Waals surface area (Å²) in [6, 6.07) is 6.87. The van der Waals surface area contributed by atoms with Crippen molar-refractivity contribution in [2.45, 2.75) is 39.2 Å². The fraction of sp³-hybridized carbons (Fsp3) is 0.556. The van der Waals surface area contributed by atoms with E-state index >= 15 is 0 Å². The highest BCUT2D eigenvalue weighted by Gasteiger charge is 2.18. The summed E-state index contributed by atoms with van der Waals surface area (Å²) >= 11 is 0. The summed E-state index contributed by atoms with van der Waals surface area (Å²) in [6.07, 6.45) is 4.65. The average Bonchev–Trinajstić information content (AvgIpc) is 2.84. The van der Waals surface area contributed by atoms with Crippen molar-refractivity contribution >= 4 is 11.9 Å². The lowest BCUT2D eigenvalue weighted by Crippen LogP contribution is -2.40. The lowest BCUT2D eigenvalue weighted by atomic mass is 10.1. The lowest BCUT2D eigenvalue weighted by molar-refractivity contribution is -0.132. The monoisotopic (exact) mass is 318 g/mol. The number of amides is 1. The summed E-state index contributed by atoms with van der Waals surface area (Å²) < 4.78 is 0. The third-order valence-corrected chi connectivity index (χ3v) is 4.37. The molecule has 1 heterocycles. The number of carboxylic acid groups (broad SMARTS) is 1. The minimum absolute atomic E-state index is 0.205. The van der Waals surface area contributed by atoms with E-state index in [2.05, 4.69) is 4.90 Å². The highest BCUT2D eigenvalue weighted by atomic mass is 16.4. The molecular formula is C18H26N2O3.